The molecular weight excluding hydrogens is 416 g/mol. The topological polar surface area (TPSA) is 9.23 Å². The minimum atomic E-state index is -1.74. The van der Waals surface area contributed by atoms with E-state index < -0.39 is 16.4 Å². The summed E-state index contributed by atoms with van der Waals surface area (Å²) >= 11 is 3.43. The van der Waals surface area contributed by atoms with Crippen molar-refractivity contribution in [2.45, 2.75) is 97.1 Å². The van der Waals surface area contributed by atoms with E-state index in [1.807, 2.05) is 4.99 Å². The molecule has 0 saturated heterocycles. The summed E-state index contributed by atoms with van der Waals surface area (Å²) in [6.45, 7) is 25.7. The van der Waals surface area contributed by atoms with E-state index in [-0.39, 0.29) is 5.04 Å². The predicted molar refractivity (Wildman–Crippen MR) is 127 cm³/mol. The Morgan fingerprint density at radius 3 is 1.77 bits per heavy atom. The first-order chi connectivity index (χ1) is 11.7. The lowest BCUT2D eigenvalue weighted by molar-refractivity contribution is 0.334. The second-order valence-electron chi connectivity index (χ2n) is 9.52. The zero-order valence-corrected chi connectivity index (χ0v) is 22.4. The highest BCUT2D eigenvalue weighted by molar-refractivity contribution is 9.11. The normalized spacial score (nSPS) is 13.6. The molecule has 0 aliphatic heterocycles. The molecule has 0 spiro atoms. The molecule has 0 N–H and O–H groups in total. The molecule has 0 aromatic carbocycles. The summed E-state index contributed by atoms with van der Waals surface area (Å²) in [5.41, 5.74) is 6.45. The molecule has 0 aliphatic rings. The number of hydrogen-bond donors (Lipinski definition) is 0. The van der Waals surface area contributed by atoms with Crippen molar-refractivity contribution >= 4 is 32.3 Å². The molecule has 148 valence electrons. The second-order valence-corrected chi connectivity index (χ2v) is 20.4. The van der Waals surface area contributed by atoms with Crippen LogP contribution in [0.3, 0.4) is 0 Å². The van der Waals surface area contributed by atoms with Gasteiger partial charge in [0, 0.05) is 4.99 Å². The van der Waals surface area contributed by atoms with Gasteiger partial charge in [-0.1, -0.05) is 96.0 Å². The van der Waals surface area contributed by atoms with Gasteiger partial charge in [0.1, 0.15) is 8.07 Å². The van der Waals surface area contributed by atoms with Crippen LogP contribution in [-0.2, 0) is 4.43 Å². The van der Waals surface area contributed by atoms with Crippen LogP contribution in [0.25, 0.3) is 0 Å². The van der Waals surface area contributed by atoms with Crippen LogP contribution in [0.5, 0.6) is 0 Å². The Hall–Kier alpha value is -0.266. The van der Waals surface area contributed by atoms with Gasteiger partial charge in [0.05, 0.1) is 12.2 Å². The molecule has 0 radical (unpaired) electrons. The molecule has 26 heavy (non-hydrogen) atoms. The Kier molecular flexibility index (Phi) is 10.2. The van der Waals surface area contributed by atoms with Crippen LogP contribution >= 0.6 is 15.9 Å². The number of hydrogen-bond acceptors (Lipinski definition) is 1. The maximum absolute atomic E-state index is 6.13. The van der Waals surface area contributed by atoms with Gasteiger partial charge >= 0.3 is 0 Å². The van der Waals surface area contributed by atoms with Crippen LogP contribution in [-0.4, -0.2) is 23.0 Å². The van der Waals surface area contributed by atoms with Gasteiger partial charge in [0.15, 0.2) is 8.32 Å². The number of rotatable bonds is 5. The van der Waals surface area contributed by atoms with Crippen molar-refractivity contribution in [3.05, 3.63) is 10.6 Å². The molecule has 0 bridgehead atoms. The largest absolute Gasteiger partial charge is 0.406 e. The fraction of sp³-hybridized carbons (Fsp3) is 0.727. The van der Waals surface area contributed by atoms with Crippen molar-refractivity contribution in [1.29, 1.82) is 0 Å². The highest BCUT2D eigenvalue weighted by Gasteiger charge is 2.41. The monoisotopic (exact) mass is 454 g/mol. The molecule has 0 saturated carbocycles. The zero-order chi connectivity index (χ0) is 20.8. The highest BCUT2D eigenvalue weighted by atomic mass is 79.9. The molecule has 0 rings (SSSR count). The SMILES string of the molecule is CC(C)[Si](C#CC(C#CCO[Si](C)(C)C(C)(C)C)=CBr)(C(C)C)C(C)C. The van der Waals surface area contributed by atoms with E-state index in [0.29, 0.717) is 23.2 Å². The van der Waals surface area contributed by atoms with Gasteiger partial charge in [-0.25, -0.2) is 0 Å². The summed E-state index contributed by atoms with van der Waals surface area (Å²) in [5.74, 6) is 9.75. The van der Waals surface area contributed by atoms with Crippen LogP contribution in [0.4, 0.5) is 0 Å². The van der Waals surface area contributed by atoms with Crippen LogP contribution in [0.15, 0.2) is 10.6 Å². The Bertz CT molecular complexity index is 580. The minimum absolute atomic E-state index is 0.208. The average molecular weight is 456 g/mol. The van der Waals surface area contributed by atoms with Crippen molar-refractivity contribution in [3.8, 4) is 23.3 Å². The Morgan fingerprint density at radius 1 is 0.962 bits per heavy atom. The van der Waals surface area contributed by atoms with E-state index in [1.165, 1.54) is 0 Å². The first-order valence-corrected chi connectivity index (χ1v) is 15.7. The van der Waals surface area contributed by atoms with Crippen LogP contribution < -0.4 is 0 Å². The Labute approximate surface area is 174 Å². The van der Waals surface area contributed by atoms with Gasteiger partial charge in [-0.15, -0.1) is 5.54 Å². The summed E-state index contributed by atoms with van der Waals surface area (Å²) in [5, 5.41) is 0.208. The van der Waals surface area contributed by atoms with E-state index in [9.17, 15) is 0 Å². The lowest BCUT2D eigenvalue weighted by Gasteiger charge is -2.38. The van der Waals surface area contributed by atoms with E-state index in [1.54, 1.807) is 0 Å². The van der Waals surface area contributed by atoms with E-state index in [2.05, 4.69) is 115 Å². The summed E-state index contributed by atoms with van der Waals surface area (Å²) in [7, 11) is -3.47. The van der Waals surface area contributed by atoms with E-state index in [0.717, 1.165) is 5.57 Å². The summed E-state index contributed by atoms with van der Waals surface area (Å²) in [4.78, 5) is 1.85. The molecule has 0 atom stereocenters. The van der Waals surface area contributed by atoms with E-state index in [4.69, 9.17) is 4.43 Å². The molecule has 0 heterocycles. The van der Waals surface area contributed by atoms with Crippen molar-refractivity contribution in [3.63, 3.8) is 0 Å². The molecular formula is C22H39BrOSi2. The minimum Gasteiger partial charge on any atom is -0.406 e. The predicted octanol–water partition coefficient (Wildman–Crippen LogP) is 7.51. The van der Waals surface area contributed by atoms with Crippen molar-refractivity contribution in [1.82, 2.24) is 0 Å². The fourth-order valence-corrected chi connectivity index (χ4v) is 9.57. The third kappa shape index (κ3) is 6.72. The average Bonchev–Trinajstić information content (AvgIpc) is 2.47. The lowest BCUT2D eigenvalue weighted by atomic mass is 10.2. The summed E-state index contributed by atoms with van der Waals surface area (Å²) < 4.78 is 6.13. The van der Waals surface area contributed by atoms with Crippen molar-refractivity contribution in [2.24, 2.45) is 0 Å². The smallest absolute Gasteiger partial charge is 0.193 e. The maximum atomic E-state index is 6.13. The third-order valence-corrected chi connectivity index (χ3v) is 17.1. The van der Waals surface area contributed by atoms with Crippen LogP contribution in [0, 0.1) is 23.3 Å². The number of halogens is 1. The standard InChI is InChI=1S/C22H39BrOSi2/c1-18(2)26(19(3)4,20(5)6)16-14-21(17-23)13-12-15-24-25(10,11)22(7,8)9/h17-20H,15H2,1-11H3. The highest BCUT2D eigenvalue weighted by Crippen LogP contribution is 2.40. The quantitative estimate of drug-likeness (QED) is 0.308. The molecule has 0 amide bonds. The summed E-state index contributed by atoms with van der Waals surface area (Å²) in [6, 6.07) is 0. The van der Waals surface area contributed by atoms with Gasteiger partial charge in [-0.2, -0.15) is 0 Å². The zero-order valence-electron chi connectivity index (χ0n) is 18.8. The molecule has 0 aliphatic carbocycles. The molecule has 0 aromatic rings. The van der Waals surface area contributed by atoms with Gasteiger partial charge in [-0.05, 0) is 34.8 Å². The molecule has 0 fully saturated rings. The fourth-order valence-electron chi connectivity index (χ4n) is 3.26. The number of allylic oxidation sites excluding steroid dienone is 1. The van der Waals surface area contributed by atoms with E-state index >= 15 is 0 Å². The van der Waals surface area contributed by atoms with Crippen LogP contribution in [0.2, 0.25) is 34.8 Å². The Morgan fingerprint density at radius 2 is 1.42 bits per heavy atom. The molecule has 4 heteroatoms. The van der Waals surface area contributed by atoms with Crippen LogP contribution in [0.1, 0.15) is 62.3 Å². The maximum Gasteiger partial charge on any atom is 0.193 e. The molecule has 1 nitrogen and oxygen atoms in total. The van der Waals surface area contributed by atoms with Gasteiger partial charge in [-0.3, -0.25) is 0 Å². The first-order valence-electron chi connectivity index (χ1n) is 9.68. The Balaban J connectivity index is 5.38. The third-order valence-electron chi connectivity index (χ3n) is 5.92. The van der Waals surface area contributed by atoms with Gasteiger partial charge in [0.25, 0.3) is 0 Å². The molecule has 0 unspecified atom stereocenters. The van der Waals surface area contributed by atoms with Gasteiger partial charge < -0.3 is 4.43 Å². The van der Waals surface area contributed by atoms with Gasteiger partial charge in [0.2, 0.25) is 0 Å². The van der Waals surface area contributed by atoms with Crippen molar-refractivity contribution in [2.75, 3.05) is 6.61 Å². The lowest BCUT2D eigenvalue weighted by Crippen LogP contribution is -2.43. The first kappa shape index (κ1) is 25.7. The molecule has 0 aromatic heterocycles. The summed E-state index contributed by atoms with van der Waals surface area (Å²) in [6.07, 6.45) is 0. The second kappa shape index (κ2) is 10.3. The van der Waals surface area contributed by atoms with Crippen molar-refractivity contribution < 1.29 is 4.43 Å².